The number of halogens is 2. The molecule has 0 aliphatic rings. The van der Waals surface area contributed by atoms with Crippen LogP contribution in [0.1, 0.15) is 26.3 Å². The molecule has 0 aromatic heterocycles. The Kier molecular flexibility index (Phi) is 7.02. The second-order valence-electron chi connectivity index (χ2n) is 4.26. The fraction of sp³-hybridized carbons (Fsp3) is 0.571. The van der Waals surface area contributed by atoms with E-state index >= 15 is 0 Å². The first-order chi connectivity index (χ1) is 8.58. The van der Waals surface area contributed by atoms with Crippen molar-refractivity contribution >= 4 is 23.2 Å². The lowest BCUT2D eigenvalue weighted by Crippen LogP contribution is -2.41. The Morgan fingerprint density at radius 2 is 2.00 bits per heavy atom. The molecule has 0 amide bonds. The summed E-state index contributed by atoms with van der Waals surface area (Å²) in [7, 11) is 0. The molecule has 0 aliphatic heterocycles. The van der Waals surface area contributed by atoms with Crippen LogP contribution in [0.4, 0.5) is 0 Å². The van der Waals surface area contributed by atoms with E-state index in [9.17, 15) is 0 Å². The van der Waals surface area contributed by atoms with E-state index in [0.717, 1.165) is 23.6 Å². The summed E-state index contributed by atoms with van der Waals surface area (Å²) in [6, 6.07) is 5.81. The Balaban J connectivity index is 2.78. The molecule has 0 bridgehead atoms. The number of likely N-dealkylation sites (N-methyl/N-ethyl adjacent to an activating group) is 1. The Labute approximate surface area is 120 Å². The van der Waals surface area contributed by atoms with Crippen LogP contribution in [0.3, 0.4) is 0 Å². The van der Waals surface area contributed by atoms with Crippen molar-refractivity contribution in [2.45, 2.75) is 39.3 Å². The molecule has 4 heteroatoms. The lowest BCUT2D eigenvalue weighted by atomic mass is 10.0. The summed E-state index contributed by atoms with van der Waals surface area (Å²) in [4.78, 5) is 0. The third kappa shape index (κ3) is 4.77. The largest absolute Gasteiger partial charge is 0.377 e. The molecule has 18 heavy (non-hydrogen) atoms. The molecule has 0 radical (unpaired) electrons. The fourth-order valence-electron chi connectivity index (χ4n) is 1.98. The highest BCUT2D eigenvalue weighted by Gasteiger charge is 2.18. The molecule has 2 unspecified atom stereocenters. The summed E-state index contributed by atoms with van der Waals surface area (Å²) in [5.74, 6) is 0. The van der Waals surface area contributed by atoms with Crippen LogP contribution in [0.2, 0.25) is 10.0 Å². The van der Waals surface area contributed by atoms with E-state index in [1.165, 1.54) is 0 Å². The predicted octanol–water partition coefficient (Wildman–Crippen LogP) is 3.94. The normalized spacial score (nSPS) is 14.5. The van der Waals surface area contributed by atoms with Gasteiger partial charge in [0.2, 0.25) is 0 Å². The van der Waals surface area contributed by atoms with Crippen molar-refractivity contribution in [3.05, 3.63) is 33.8 Å². The van der Waals surface area contributed by atoms with Gasteiger partial charge in [0.25, 0.3) is 0 Å². The molecule has 0 heterocycles. The number of nitrogens with one attached hydrogen (secondary N) is 1. The molecule has 1 N–H and O–H groups in total. The second kappa shape index (κ2) is 8.00. The van der Waals surface area contributed by atoms with Crippen LogP contribution in [-0.4, -0.2) is 25.3 Å². The first-order valence-electron chi connectivity index (χ1n) is 6.37. The number of benzene rings is 1. The first-order valence-corrected chi connectivity index (χ1v) is 7.13. The predicted molar refractivity (Wildman–Crippen MR) is 78.7 cm³/mol. The van der Waals surface area contributed by atoms with Crippen LogP contribution in [-0.2, 0) is 11.2 Å². The lowest BCUT2D eigenvalue weighted by molar-refractivity contribution is 0.0480. The minimum absolute atomic E-state index is 0.144. The SMILES string of the molecule is CCNC(Cc1cc(Cl)ccc1Cl)C(C)OCC. The van der Waals surface area contributed by atoms with Gasteiger partial charge in [-0.1, -0.05) is 30.1 Å². The standard InChI is InChI=1S/C14H21Cl2NO/c1-4-17-14(10(3)18-5-2)9-11-8-12(15)6-7-13(11)16/h6-8,10,14,17H,4-5,9H2,1-3H3. The van der Waals surface area contributed by atoms with Gasteiger partial charge in [0.15, 0.2) is 0 Å². The summed E-state index contributed by atoms with van der Waals surface area (Å²) in [5, 5.41) is 4.91. The molecule has 0 fully saturated rings. The summed E-state index contributed by atoms with van der Waals surface area (Å²) in [6.45, 7) is 7.79. The first kappa shape index (κ1) is 15.8. The Bertz CT molecular complexity index is 371. The van der Waals surface area contributed by atoms with Crippen LogP contribution in [0.15, 0.2) is 18.2 Å². The molecule has 0 saturated heterocycles. The van der Waals surface area contributed by atoms with Gasteiger partial charge in [-0.25, -0.2) is 0 Å². The topological polar surface area (TPSA) is 21.3 Å². The van der Waals surface area contributed by atoms with Crippen molar-refractivity contribution in [1.82, 2.24) is 5.32 Å². The zero-order chi connectivity index (χ0) is 13.5. The Hall–Kier alpha value is -0.280. The van der Waals surface area contributed by atoms with E-state index < -0.39 is 0 Å². The number of hydrogen-bond acceptors (Lipinski definition) is 2. The van der Waals surface area contributed by atoms with Crippen LogP contribution < -0.4 is 5.32 Å². The van der Waals surface area contributed by atoms with E-state index in [2.05, 4.69) is 19.2 Å². The molecule has 1 aromatic carbocycles. The molecule has 0 aliphatic carbocycles. The maximum atomic E-state index is 6.19. The van der Waals surface area contributed by atoms with E-state index in [4.69, 9.17) is 27.9 Å². The van der Waals surface area contributed by atoms with Crippen molar-refractivity contribution in [3.8, 4) is 0 Å². The monoisotopic (exact) mass is 289 g/mol. The maximum Gasteiger partial charge on any atom is 0.0703 e. The summed E-state index contributed by atoms with van der Waals surface area (Å²) in [6.07, 6.45) is 0.957. The third-order valence-corrected chi connectivity index (χ3v) is 3.51. The van der Waals surface area contributed by atoms with E-state index in [0.29, 0.717) is 11.6 Å². The van der Waals surface area contributed by atoms with Gasteiger partial charge in [0.05, 0.1) is 6.10 Å². The van der Waals surface area contributed by atoms with Crippen LogP contribution in [0.25, 0.3) is 0 Å². The molecule has 2 atom stereocenters. The minimum atomic E-state index is 0.144. The highest BCUT2D eigenvalue weighted by atomic mass is 35.5. The van der Waals surface area contributed by atoms with Gasteiger partial charge >= 0.3 is 0 Å². The van der Waals surface area contributed by atoms with Gasteiger partial charge in [-0.2, -0.15) is 0 Å². The van der Waals surface area contributed by atoms with Gasteiger partial charge in [0.1, 0.15) is 0 Å². The van der Waals surface area contributed by atoms with Crippen LogP contribution in [0.5, 0.6) is 0 Å². The molecular formula is C14H21Cl2NO. The van der Waals surface area contributed by atoms with Crippen LogP contribution in [0, 0.1) is 0 Å². The molecule has 102 valence electrons. The van der Waals surface area contributed by atoms with Gasteiger partial charge in [-0.15, -0.1) is 0 Å². The summed E-state index contributed by atoms with van der Waals surface area (Å²) >= 11 is 12.2. The number of ether oxygens (including phenoxy) is 1. The van der Waals surface area contributed by atoms with E-state index in [1.54, 1.807) is 0 Å². The van der Waals surface area contributed by atoms with Crippen molar-refractivity contribution in [2.75, 3.05) is 13.2 Å². The van der Waals surface area contributed by atoms with Crippen molar-refractivity contribution < 1.29 is 4.74 Å². The summed E-state index contributed by atoms with van der Waals surface area (Å²) < 4.78 is 5.66. The average Bonchev–Trinajstić information content (AvgIpc) is 2.33. The molecule has 0 spiro atoms. The Morgan fingerprint density at radius 1 is 1.28 bits per heavy atom. The molecular weight excluding hydrogens is 269 g/mol. The average molecular weight is 290 g/mol. The van der Waals surface area contributed by atoms with Crippen LogP contribution >= 0.6 is 23.2 Å². The zero-order valence-electron chi connectivity index (χ0n) is 11.2. The maximum absolute atomic E-state index is 6.19. The number of hydrogen-bond donors (Lipinski definition) is 1. The second-order valence-corrected chi connectivity index (χ2v) is 5.11. The Morgan fingerprint density at radius 3 is 2.61 bits per heavy atom. The zero-order valence-corrected chi connectivity index (χ0v) is 12.7. The quantitative estimate of drug-likeness (QED) is 0.821. The van der Waals surface area contributed by atoms with Gasteiger partial charge in [-0.05, 0) is 50.6 Å². The molecule has 1 rings (SSSR count). The van der Waals surface area contributed by atoms with Gasteiger partial charge in [-0.3, -0.25) is 0 Å². The van der Waals surface area contributed by atoms with E-state index in [1.807, 2.05) is 25.1 Å². The lowest BCUT2D eigenvalue weighted by Gasteiger charge is -2.25. The minimum Gasteiger partial charge on any atom is -0.377 e. The fourth-order valence-corrected chi connectivity index (χ4v) is 2.37. The third-order valence-electron chi connectivity index (χ3n) is 2.91. The molecule has 1 aromatic rings. The smallest absolute Gasteiger partial charge is 0.0703 e. The van der Waals surface area contributed by atoms with E-state index in [-0.39, 0.29) is 12.1 Å². The van der Waals surface area contributed by atoms with Crippen molar-refractivity contribution in [3.63, 3.8) is 0 Å². The highest BCUT2D eigenvalue weighted by Crippen LogP contribution is 2.22. The molecule has 0 saturated carbocycles. The summed E-state index contributed by atoms with van der Waals surface area (Å²) in [5.41, 5.74) is 1.06. The van der Waals surface area contributed by atoms with Crippen molar-refractivity contribution in [2.24, 2.45) is 0 Å². The number of rotatable bonds is 7. The van der Waals surface area contributed by atoms with Crippen molar-refractivity contribution in [1.29, 1.82) is 0 Å². The molecule has 2 nitrogen and oxygen atoms in total. The van der Waals surface area contributed by atoms with Gasteiger partial charge in [0, 0.05) is 22.7 Å². The highest BCUT2D eigenvalue weighted by molar-refractivity contribution is 6.33. The van der Waals surface area contributed by atoms with Gasteiger partial charge < -0.3 is 10.1 Å².